The monoisotopic (exact) mass is 216 g/mol. The molecule has 0 bridgehead atoms. The molecule has 3 heteroatoms. The van der Waals surface area contributed by atoms with E-state index < -0.39 is 17.5 Å². The molecule has 15 heavy (non-hydrogen) atoms. The molecule has 84 valence electrons. The number of hydrogen-bond acceptors (Lipinski definition) is 0. The summed E-state index contributed by atoms with van der Waals surface area (Å²) in [6.07, 6.45) is 0.115. The highest BCUT2D eigenvalue weighted by molar-refractivity contribution is 5.34. The van der Waals surface area contributed by atoms with E-state index in [-0.39, 0.29) is 17.9 Å². The van der Waals surface area contributed by atoms with Crippen LogP contribution in [0, 0.1) is 5.92 Å². The van der Waals surface area contributed by atoms with Gasteiger partial charge in [-0.2, -0.15) is 0 Å². The van der Waals surface area contributed by atoms with Gasteiger partial charge in [-0.3, -0.25) is 0 Å². The van der Waals surface area contributed by atoms with Gasteiger partial charge in [0.25, 0.3) is 0 Å². The second-order valence-electron chi connectivity index (χ2n) is 3.63. The second-order valence-corrected chi connectivity index (χ2v) is 3.63. The van der Waals surface area contributed by atoms with E-state index in [9.17, 15) is 13.2 Å². The average Bonchev–Trinajstić information content (AvgIpc) is 2.14. The van der Waals surface area contributed by atoms with Crippen LogP contribution in [0.1, 0.15) is 20.3 Å². The number of halogens is 3. The maximum absolute atomic E-state index is 13.1. The molecule has 0 amide bonds. The third-order valence-corrected chi connectivity index (χ3v) is 2.00. The van der Waals surface area contributed by atoms with E-state index in [0.717, 1.165) is 0 Å². The van der Waals surface area contributed by atoms with Crippen molar-refractivity contribution in [3.05, 3.63) is 48.4 Å². The highest BCUT2D eigenvalue weighted by Gasteiger charge is 2.14. The summed E-state index contributed by atoms with van der Waals surface area (Å²) in [5.74, 6) is -4.16. The predicted octanol–water partition coefficient (Wildman–Crippen LogP) is 4.78. The van der Waals surface area contributed by atoms with Crippen LogP contribution in [0.25, 0.3) is 0 Å². The molecular weight excluding hydrogens is 201 g/mol. The Hall–Kier alpha value is -1.25. The molecule has 0 aromatic carbocycles. The smallest absolute Gasteiger partial charge is 0.194 e. The number of hydrogen-bond donors (Lipinski definition) is 0. The van der Waals surface area contributed by atoms with Crippen LogP contribution >= 0.6 is 0 Å². The van der Waals surface area contributed by atoms with Gasteiger partial charge in [0.1, 0.15) is 0 Å². The van der Waals surface area contributed by atoms with Gasteiger partial charge in [-0.15, -0.1) is 0 Å². The molecule has 0 atom stereocenters. The first-order valence-corrected chi connectivity index (χ1v) is 4.53. The minimum atomic E-state index is -1.59. The fourth-order valence-corrected chi connectivity index (χ4v) is 0.830. The van der Waals surface area contributed by atoms with Crippen molar-refractivity contribution in [2.24, 2.45) is 5.92 Å². The maximum Gasteiger partial charge on any atom is 0.194 e. The van der Waals surface area contributed by atoms with Crippen LogP contribution in [-0.4, -0.2) is 0 Å². The van der Waals surface area contributed by atoms with E-state index in [2.05, 4.69) is 19.7 Å². The summed E-state index contributed by atoms with van der Waals surface area (Å²) in [4.78, 5) is 0. The van der Waals surface area contributed by atoms with Crippen molar-refractivity contribution in [3.8, 4) is 0 Å². The zero-order valence-electron chi connectivity index (χ0n) is 9.04. The Morgan fingerprint density at radius 1 is 1.00 bits per heavy atom. The molecule has 0 saturated heterocycles. The van der Waals surface area contributed by atoms with Crippen LogP contribution in [0.4, 0.5) is 13.2 Å². The lowest BCUT2D eigenvalue weighted by atomic mass is 9.97. The molecule has 0 aliphatic carbocycles. The molecule has 0 aliphatic heterocycles. The fourth-order valence-electron chi connectivity index (χ4n) is 0.830. The molecule has 0 aliphatic rings. The highest BCUT2D eigenvalue weighted by Crippen LogP contribution is 2.27. The molecule has 0 aromatic heterocycles. The van der Waals surface area contributed by atoms with Crippen LogP contribution in [0.5, 0.6) is 0 Å². The van der Waals surface area contributed by atoms with Crippen molar-refractivity contribution < 1.29 is 13.2 Å². The van der Waals surface area contributed by atoms with Gasteiger partial charge in [-0.1, -0.05) is 39.2 Å². The van der Waals surface area contributed by atoms with E-state index >= 15 is 0 Å². The molecular formula is C12H15F3. The van der Waals surface area contributed by atoms with E-state index in [4.69, 9.17) is 0 Å². The fraction of sp³-hybridized carbons (Fsp3) is 0.333. The van der Waals surface area contributed by atoms with Crippen molar-refractivity contribution in [2.45, 2.75) is 20.3 Å². The van der Waals surface area contributed by atoms with E-state index in [1.54, 1.807) is 0 Å². The molecule has 0 heterocycles. The maximum atomic E-state index is 13.1. The first kappa shape index (κ1) is 13.8. The summed E-state index contributed by atoms with van der Waals surface area (Å²) in [5.41, 5.74) is 0.595. The average molecular weight is 216 g/mol. The Kier molecular flexibility index (Phi) is 5.12. The third kappa shape index (κ3) is 4.19. The molecule has 0 nitrogen and oxygen atoms in total. The Balaban J connectivity index is 4.68. The normalized spacial score (nSPS) is 12.4. The molecule has 0 radical (unpaired) electrons. The zero-order valence-corrected chi connectivity index (χ0v) is 9.04. The minimum Gasteiger partial charge on any atom is -0.204 e. The SMILES string of the molecule is C=C(F)/C(F)=C(/F)C(=C)CC(=C)C(C)C. The van der Waals surface area contributed by atoms with Crippen molar-refractivity contribution in [3.63, 3.8) is 0 Å². The first-order valence-electron chi connectivity index (χ1n) is 4.53. The standard InChI is InChI=1S/C12H15F3/c1-7(2)8(3)6-9(4)11(14)12(15)10(5)13/h7H,3-6H2,1-2H3/b12-11-. The van der Waals surface area contributed by atoms with Crippen molar-refractivity contribution in [1.82, 2.24) is 0 Å². The Bertz CT molecular complexity index is 322. The van der Waals surface area contributed by atoms with Gasteiger partial charge in [0.05, 0.1) is 0 Å². The molecule has 0 N–H and O–H groups in total. The molecule has 0 aromatic rings. The lowest BCUT2D eigenvalue weighted by molar-refractivity contribution is 0.499. The second kappa shape index (κ2) is 5.59. The van der Waals surface area contributed by atoms with Gasteiger partial charge in [0.15, 0.2) is 17.5 Å². The summed E-state index contributed by atoms with van der Waals surface area (Å²) >= 11 is 0. The topological polar surface area (TPSA) is 0 Å². The summed E-state index contributed by atoms with van der Waals surface area (Å²) in [7, 11) is 0. The van der Waals surface area contributed by atoms with Crippen LogP contribution in [0.3, 0.4) is 0 Å². The summed E-state index contributed by atoms with van der Waals surface area (Å²) < 4.78 is 38.2. The molecule has 0 fully saturated rings. The number of rotatable bonds is 5. The molecule has 0 rings (SSSR count). The minimum absolute atomic E-state index is 0.115. The Labute approximate surface area is 88.5 Å². The van der Waals surface area contributed by atoms with Crippen LogP contribution < -0.4 is 0 Å². The predicted molar refractivity (Wildman–Crippen MR) is 57.2 cm³/mol. The molecule has 0 saturated carbocycles. The summed E-state index contributed by atoms with van der Waals surface area (Å²) in [6.45, 7) is 13.5. The number of allylic oxidation sites excluding steroid dienone is 5. The van der Waals surface area contributed by atoms with Crippen LogP contribution in [-0.2, 0) is 0 Å². The van der Waals surface area contributed by atoms with Gasteiger partial charge in [-0.05, 0) is 17.9 Å². The summed E-state index contributed by atoms with van der Waals surface area (Å²) in [6, 6.07) is 0. The van der Waals surface area contributed by atoms with Crippen molar-refractivity contribution in [2.75, 3.05) is 0 Å². The van der Waals surface area contributed by atoms with Crippen molar-refractivity contribution >= 4 is 0 Å². The Morgan fingerprint density at radius 2 is 1.47 bits per heavy atom. The Morgan fingerprint density at radius 3 is 1.80 bits per heavy atom. The van der Waals surface area contributed by atoms with Gasteiger partial charge in [-0.25, -0.2) is 13.2 Å². The van der Waals surface area contributed by atoms with E-state index in [1.807, 2.05) is 13.8 Å². The lowest BCUT2D eigenvalue weighted by Gasteiger charge is -2.10. The van der Waals surface area contributed by atoms with Gasteiger partial charge in [0, 0.05) is 0 Å². The van der Waals surface area contributed by atoms with E-state index in [0.29, 0.717) is 5.57 Å². The van der Waals surface area contributed by atoms with Crippen LogP contribution in [0.15, 0.2) is 48.4 Å². The molecule has 0 spiro atoms. The quantitative estimate of drug-likeness (QED) is 0.458. The first-order chi connectivity index (χ1) is 6.77. The largest absolute Gasteiger partial charge is 0.204 e. The van der Waals surface area contributed by atoms with Gasteiger partial charge >= 0.3 is 0 Å². The van der Waals surface area contributed by atoms with Gasteiger partial charge < -0.3 is 0 Å². The van der Waals surface area contributed by atoms with Gasteiger partial charge in [0.2, 0.25) is 0 Å². The summed E-state index contributed by atoms with van der Waals surface area (Å²) in [5, 5.41) is 0. The lowest BCUT2D eigenvalue weighted by Crippen LogP contribution is -1.96. The zero-order chi connectivity index (χ0) is 12.2. The molecule has 0 unspecified atom stereocenters. The third-order valence-electron chi connectivity index (χ3n) is 2.00. The van der Waals surface area contributed by atoms with Crippen molar-refractivity contribution in [1.29, 1.82) is 0 Å². The van der Waals surface area contributed by atoms with Crippen LogP contribution in [0.2, 0.25) is 0 Å². The highest BCUT2D eigenvalue weighted by atomic mass is 19.2. The van der Waals surface area contributed by atoms with E-state index in [1.165, 1.54) is 0 Å².